The molecule has 0 aliphatic rings. The van der Waals surface area contributed by atoms with E-state index in [1.165, 1.54) is 11.3 Å². The molecule has 0 radical (unpaired) electrons. The number of hydrogen-bond donors (Lipinski definition) is 3. The second-order valence-electron chi connectivity index (χ2n) is 3.99. The van der Waals surface area contributed by atoms with Gasteiger partial charge in [0.25, 0.3) is 0 Å². The summed E-state index contributed by atoms with van der Waals surface area (Å²) in [5.74, 6) is -3.86. The number of nitrogens with zero attached hydrogens (tertiary/aromatic N) is 1. The lowest BCUT2D eigenvalue weighted by Crippen LogP contribution is -2.20. The number of carbonyl (C=O) groups is 2. The molecule has 0 atom stereocenters. The van der Waals surface area contributed by atoms with Gasteiger partial charge in [0.1, 0.15) is 11.6 Å². The van der Waals surface area contributed by atoms with Gasteiger partial charge in [-0.15, -0.1) is 11.3 Å². The molecule has 9 heteroatoms. The Morgan fingerprint density at radius 1 is 1.24 bits per heavy atom. The molecule has 21 heavy (non-hydrogen) atoms. The number of urea groups is 1. The number of thiazole rings is 1. The van der Waals surface area contributed by atoms with Crippen LogP contribution in [-0.4, -0.2) is 22.1 Å². The Morgan fingerprint density at radius 2 is 1.95 bits per heavy atom. The van der Waals surface area contributed by atoms with Gasteiger partial charge in [-0.25, -0.2) is 23.4 Å². The lowest BCUT2D eigenvalue weighted by atomic mass is 10.2. The van der Waals surface area contributed by atoms with E-state index in [0.717, 1.165) is 0 Å². The molecule has 0 saturated heterocycles. The van der Waals surface area contributed by atoms with Crippen molar-refractivity contribution >= 4 is 34.2 Å². The maximum atomic E-state index is 13.5. The second-order valence-corrected chi connectivity index (χ2v) is 4.85. The number of carboxylic acid groups (broad SMARTS) is 1. The predicted octanol–water partition coefficient (Wildman–Crippen LogP) is 3.07. The highest BCUT2D eigenvalue weighted by molar-refractivity contribution is 7.13. The molecule has 3 N–H and O–H groups in total. The van der Waals surface area contributed by atoms with Gasteiger partial charge >= 0.3 is 12.0 Å². The fraction of sp³-hybridized carbons (Fsp3) is 0.0833. The van der Waals surface area contributed by atoms with Crippen LogP contribution in [0.25, 0.3) is 0 Å². The normalized spacial score (nSPS) is 10.2. The highest BCUT2D eigenvalue weighted by atomic mass is 32.1. The topological polar surface area (TPSA) is 91.3 Å². The van der Waals surface area contributed by atoms with Gasteiger partial charge in [0.2, 0.25) is 0 Å². The molecule has 0 saturated carbocycles. The van der Waals surface area contributed by atoms with Gasteiger partial charge in [-0.05, 0) is 13.0 Å². The molecule has 0 aliphatic heterocycles. The van der Waals surface area contributed by atoms with E-state index in [1.54, 1.807) is 12.3 Å². The van der Waals surface area contributed by atoms with Crippen LogP contribution in [0.15, 0.2) is 17.5 Å². The summed E-state index contributed by atoms with van der Waals surface area (Å²) in [5, 5.41) is 15.2. The molecule has 0 unspecified atom stereocenters. The van der Waals surface area contributed by atoms with E-state index in [2.05, 4.69) is 15.6 Å². The van der Waals surface area contributed by atoms with Crippen molar-refractivity contribution in [2.75, 3.05) is 10.6 Å². The molecule has 0 fully saturated rings. The summed E-state index contributed by atoms with van der Waals surface area (Å²) in [6.45, 7) is 1.73. The van der Waals surface area contributed by atoms with Crippen LogP contribution >= 0.6 is 11.3 Å². The summed E-state index contributed by atoms with van der Waals surface area (Å²) in [5.41, 5.74) is -0.479. The van der Waals surface area contributed by atoms with Crippen molar-refractivity contribution in [2.45, 2.75) is 6.92 Å². The lowest BCUT2D eigenvalue weighted by Gasteiger charge is -2.08. The lowest BCUT2D eigenvalue weighted by molar-refractivity contribution is 0.0692. The number of carboxylic acids is 1. The third-order valence-corrected chi connectivity index (χ3v) is 3.25. The first-order chi connectivity index (χ1) is 9.86. The van der Waals surface area contributed by atoms with E-state index < -0.39 is 34.9 Å². The van der Waals surface area contributed by atoms with Crippen LogP contribution < -0.4 is 10.6 Å². The number of halogens is 2. The summed E-state index contributed by atoms with van der Waals surface area (Å²) < 4.78 is 26.7. The number of aromatic nitrogens is 1. The number of aryl methyl sites for hydroxylation is 1. The Hall–Kier alpha value is -2.55. The Bertz CT molecular complexity index is 718. The molecule has 1 heterocycles. The van der Waals surface area contributed by atoms with E-state index in [1.807, 2.05) is 0 Å². The van der Waals surface area contributed by atoms with Gasteiger partial charge in [0.05, 0.1) is 16.9 Å². The van der Waals surface area contributed by atoms with Gasteiger partial charge < -0.3 is 10.4 Å². The van der Waals surface area contributed by atoms with Crippen molar-refractivity contribution in [3.05, 3.63) is 40.4 Å². The molecular formula is C12H9F2N3O3S. The predicted molar refractivity (Wildman–Crippen MR) is 72.8 cm³/mol. The zero-order valence-corrected chi connectivity index (χ0v) is 11.4. The van der Waals surface area contributed by atoms with E-state index in [-0.39, 0.29) is 0 Å². The first-order valence-electron chi connectivity index (χ1n) is 5.59. The maximum absolute atomic E-state index is 13.5. The molecule has 0 bridgehead atoms. The fourth-order valence-corrected chi connectivity index (χ4v) is 2.15. The third kappa shape index (κ3) is 3.51. The minimum absolute atomic E-state index is 0.297. The highest BCUT2D eigenvalue weighted by Crippen LogP contribution is 2.20. The van der Waals surface area contributed by atoms with E-state index >= 15 is 0 Å². The van der Waals surface area contributed by atoms with Crippen molar-refractivity contribution in [3.63, 3.8) is 0 Å². The van der Waals surface area contributed by atoms with E-state index in [0.29, 0.717) is 23.0 Å². The number of carbonyl (C=O) groups excluding carboxylic acids is 1. The second kappa shape index (κ2) is 5.83. The van der Waals surface area contributed by atoms with E-state index in [9.17, 15) is 18.4 Å². The van der Waals surface area contributed by atoms with E-state index in [4.69, 9.17) is 5.11 Å². The quantitative estimate of drug-likeness (QED) is 0.812. The van der Waals surface area contributed by atoms with Crippen LogP contribution in [0.4, 0.5) is 24.4 Å². The van der Waals surface area contributed by atoms with Crippen molar-refractivity contribution in [2.24, 2.45) is 0 Å². The fourth-order valence-electron chi connectivity index (χ4n) is 1.47. The number of hydrogen-bond acceptors (Lipinski definition) is 4. The monoisotopic (exact) mass is 313 g/mol. The average molecular weight is 313 g/mol. The maximum Gasteiger partial charge on any atom is 0.338 e. The van der Waals surface area contributed by atoms with Gasteiger partial charge in [0, 0.05) is 11.4 Å². The number of benzene rings is 1. The highest BCUT2D eigenvalue weighted by Gasteiger charge is 2.17. The Labute approximate surface area is 121 Å². The van der Waals surface area contributed by atoms with Crippen molar-refractivity contribution in [1.82, 2.24) is 4.98 Å². The minimum atomic E-state index is -1.56. The number of aromatic carboxylic acids is 1. The van der Waals surface area contributed by atoms with Crippen LogP contribution in [0, 0.1) is 18.6 Å². The van der Waals surface area contributed by atoms with Crippen LogP contribution in [0.3, 0.4) is 0 Å². The van der Waals surface area contributed by atoms with Gasteiger partial charge in [-0.3, -0.25) is 5.32 Å². The van der Waals surface area contributed by atoms with Gasteiger partial charge in [0.15, 0.2) is 5.13 Å². The van der Waals surface area contributed by atoms with Crippen molar-refractivity contribution < 1.29 is 23.5 Å². The minimum Gasteiger partial charge on any atom is -0.478 e. The molecule has 2 amide bonds. The SMILES string of the molecule is Cc1csc(NC(=O)Nc2cc(C(=O)O)c(F)cc2F)n1. The van der Waals surface area contributed by atoms with Crippen LogP contribution in [-0.2, 0) is 0 Å². The van der Waals surface area contributed by atoms with Crippen molar-refractivity contribution in [3.8, 4) is 0 Å². The summed E-state index contributed by atoms with van der Waals surface area (Å²) in [7, 11) is 0. The van der Waals surface area contributed by atoms with Gasteiger partial charge in [-0.2, -0.15) is 0 Å². The smallest absolute Gasteiger partial charge is 0.338 e. The summed E-state index contributed by atoms with van der Waals surface area (Å²) in [4.78, 5) is 26.4. The summed E-state index contributed by atoms with van der Waals surface area (Å²) in [6, 6.07) is 0.290. The Morgan fingerprint density at radius 3 is 2.52 bits per heavy atom. The number of amides is 2. The Kier molecular flexibility index (Phi) is 4.13. The van der Waals surface area contributed by atoms with Crippen LogP contribution in [0.1, 0.15) is 16.1 Å². The summed E-state index contributed by atoms with van der Waals surface area (Å²) in [6.07, 6.45) is 0. The largest absolute Gasteiger partial charge is 0.478 e. The molecule has 2 aromatic rings. The van der Waals surface area contributed by atoms with Crippen LogP contribution in [0.2, 0.25) is 0 Å². The molecule has 1 aromatic heterocycles. The zero-order chi connectivity index (χ0) is 15.6. The number of anilines is 2. The molecular weight excluding hydrogens is 304 g/mol. The average Bonchev–Trinajstić information content (AvgIpc) is 2.77. The first-order valence-corrected chi connectivity index (χ1v) is 6.47. The molecule has 2 rings (SSSR count). The number of rotatable bonds is 3. The van der Waals surface area contributed by atoms with Crippen molar-refractivity contribution in [1.29, 1.82) is 0 Å². The number of nitrogens with one attached hydrogen (secondary N) is 2. The molecule has 1 aromatic carbocycles. The first kappa shape index (κ1) is 14.9. The molecule has 0 spiro atoms. The van der Waals surface area contributed by atoms with Gasteiger partial charge in [-0.1, -0.05) is 0 Å². The van der Waals surface area contributed by atoms with Crippen LogP contribution in [0.5, 0.6) is 0 Å². The molecule has 110 valence electrons. The third-order valence-electron chi connectivity index (χ3n) is 2.37. The zero-order valence-electron chi connectivity index (χ0n) is 10.6. The molecule has 6 nitrogen and oxygen atoms in total. The molecule has 0 aliphatic carbocycles. The standard InChI is InChI=1S/C12H9F2N3O3S/c1-5-4-21-12(15-5)17-11(20)16-9-2-6(10(18)19)7(13)3-8(9)14/h2-4H,1H3,(H,18,19)(H2,15,16,17,20). The summed E-state index contributed by atoms with van der Waals surface area (Å²) >= 11 is 1.17. The Balaban J connectivity index is 2.17.